The molecule has 1 aromatic rings. The number of ether oxygens (including phenoxy) is 2. The number of carbonyl (C=O) groups is 1. The lowest BCUT2D eigenvalue weighted by Gasteiger charge is -2.13. The number of rotatable bonds is 4. The smallest absolute Gasteiger partial charge is 0.310 e. The van der Waals surface area contributed by atoms with E-state index >= 15 is 0 Å². The van der Waals surface area contributed by atoms with Gasteiger partial charge < -0.3 is 9.47 Å². The van der Waals surface area contributed by atoms with Crippen LogP contribution in [0, 0.1) is 6.92 Å². The second kappa shape index (κ2) is 5.75. The molecule has 0 N–H and O–H groups in total. The zero-order valence-corrected chi connectivity index (χ0v) is 10.4. The van der Waals surface area contributed by atoms with Crippen molar-refractivity contribution >= 4 is 17.6 Å². The molecule has 1 rings (SSSR count). The van der Waals surface area contributed by atoms with Gasteiger partial charge in [-0.05, 0) is 24.1 Å². The van der Waals surface area contributed by atoms with Gasteiger partial charge in [-0.1, -0.05) is 6.07 Å². The van der Waals surface area contributed by atoms with Crippen LogP contribution in [0.2, 0.25) is 0 Å². The van der Waals surface area contributed by atoms with Crippen molar-refractivity contribution in [2.24, 2.45) is 0 Å². The molecule has 0 radical (unpaired) electrons. The van der Waals surface area contributed by atoms with Crippen molar-refractivity contribution in [3.8, 4) is 5.75 Å². The first-order valence-corrected chi connectivity index (χ1v) is 5.45. The molecule has 0 bridgehead atoms. The summed E-state index contributed by atoms with van der Waals surface area (Å²) in [6.45, 7) is 1.96. The molecule has 0 fully saturated rings. The number of aryl methyl sites for hydroxylation is 1. The molecular weight excluding hydrogens is 228 g/mol. The summed E-state index contributed by atoms with van der Waals surface area (Å²) in [4.78, 5) is 11.3. The van der Waals surface area contributed by atoms with E-state index in [2.05, 4.69) is 4.74 Å². The molecule has 0 atom stereocenters. The first kappa shape index (κ1) is 12.8. The average molecular weight is 243 g/mol. The van der Waals surface area contributed by atoms with Crippen molar-refractivity contribution in [3.63, 3.8) is 0 Å². The number of hydrogen-bond donors (Lipinski definition) is 0. The summed E-state index contributed by atoms with van der Waals surface area (Å²) in [6, 6.07) is 3.76. The summed E-state index contributed by atoms with van der Waals surface area (Å²) in [7, 11) is 2.94. The lowest BCUT2D eigenvalue weighted by Crippen LogP contribution is -2.09. The molecule has 0 saturated carbocycles. The SMILES string of the molecule is COC(=O)Cc1c(OC)ccc(C)c1CCl. The predicted molar refractivity (Wildman–Crippen MR) is 63.0 cm³/mol. The van der Waals surface area contributed by atoms with Crippen LogP contribution in [-0.4, -0.2) is 20.2 Å². The van der Waals surface area contributed by atoms with Crippen molar-refractivity contribution in [1.82, 2.24) is 0 Å². The standard InChI is InChI=1S/C12H15ClO3/c1-8-4-5-11(15-2)9(10(8)7-13)6-12(14)16-3/h4-5H,6-7H2,1-3H3. The maximum Gasteiger partial charge on any atom is 0.310 e. The average Bonchev–Trinajstić information content (AvgIpc) is 2.29. The van der Waals surface area contributed by atoms with Crippen molar-refractivity contribution in [2.75, 3.05) is 14.2 Å². The Morgan fingerprint density at radius 1 is 1.31 bits per heavy atom. The van der Waals surface area contributed by atoms with Gasteiger partial charge in [0, 0.05) is 11.4 Å². The van der Waals surface area contributed by atoms with Gasteiger partial charge in [-0.25, -0.2) is 0 Å². The maximum absolute atomic E-state index is 11.3. The van der Waals surface area contributed by atoms with E-state index in [0.29, 0.717) is 11.6 Å². The van der Waals surface area contributed by atoms with Gasteiger partial charge in [-0.3, -0.25) is 4.79 Å². The largest absolute Gasteiger partial charge is 0.496 e. The maximum atomic E-state index is 11.3. The minimum absolute atomic E-state index is 0.184. The fourth-order valence-electron chi connectivity index (χ4n) is 1.58. The molecule has 0 aliphatic heterocycles. The summed E-state index contributed by atoms with van der Waals surface area (Å²) in [5.74, 6) is 0.733. The summed E-state index contributed by atoms with van der Waals surface area (Å²) in [5, 5.41) is 0. The molecule has 0 amide bonds. The van der Waals surface area contributed by atoms with Gasteiger partial charge in [0.2, 0.25) is 0 Å². The van der Waals surface area contributed by atoms with E-state index in [0.717, 1.165) is 16.7 Å². The highest BCUT2D eigenvalue weighted by molar-refractivity contribution is 6.17. The van der Waals surface area contributed by atoms with Gasteiger partial charge >= 0.3 is 5.97 Å². The Morgan fingerprint density at radius 2 is 2.00 bits per heavy atom. The van der Waals surface area contributed by atoms with E-state index in [1.807, 2.05) is 19.1 Å². The van der Waals surface area contributed by atoms with E-state index in [4.69, 9.17) is 16.3 Å². The highest BCUT2D eigenvalue weighted by Crippen LogP contribution is 2.27. The zero-order valence-electron chi connectivity index (χ0n) is 9.67. The summed E-state index contributed by atoms with van der Waals surface area (Å²) in [5.41, 5.74) is 2.80. The number of methoxy groups -OCH3 is 2. The fourth-order valence-corrected chi connectivity index (χ4v) is 1.95. The molecular formula is C12H15ClO3. The van der Waals surface area contributed by atoms with Crippen LogP contribution in [0.5, 0.6) is 5.75 Å². The van der Waals surface area contributed by atoms with Gasteiger partial charge in [0.15, 0.2) is 0 Å². The molecule has 0 saturated heterocycles. The predicted octanol–water partition coefficient (Wildman–Crippen LogP) is 2.46. The van der Waals surface area contributed by atoms with Crippen LogP contribution in [0.15, 0.2) is 12.1 Å². The van der Waals surface area contributed by atoms with Crippen molar-refractivity contribution in [3.05, 3.63) is 28.8 Å². The molecule has 0 aromatic heterocycles. The minimum atomic E-state index is -0.296. The fraction of sp³-hybridized carbons (Fsp3) is 0.417. The van der Waals surface area contributed by atoms with Crippen LogP contribution in [0.25, 0.3) is 0 Å². The van der Waals surface area contributed by atoms with Crippen LogP contribution in [0.4, 0.5) is 0 Å². The Kier molecular flexibility index (Phi) is 4.62. The second-order valence-electron chi connectivity index (χ2n) is 3.43. The minimum Gasteiger partial charge on any atom is -0.496 e. The van der Waals surface area contributed by atoms with Gasteiger partial charge in [0.25, 0.3) is 0 Å². The van der Waals surface area contributed by atoms with E-state index in [1.54, 1.807) is 7.11 Å². The Labute approximate surface area is 100 Å². The number of halogens is 1. The monoisotopic (exact) mass is 242 g/mol. The second-order valence-corrected chi connectivity index (χ2v) is 3.70. The quantitative estimate of drug-likeness (QED) is 0.601. The van der Waals surface area contributed by atoms with E-state index in [1.165, 1.54) is 7.11 Å². The van der Waals surface area contributed by atoms with Crippen molar-refractivity contribution in [2.45, 2.75) is 19.2 Å². The number of alkyl halides is 1. The molecule has 0 unspecified atom stereocenters. The lowest BCUT2D eigenvalue weighted by atomic mass is 9.99. The molecule has 0 heterocycles. The Bertz CT molecular complexity index is 388. The number of benzene rings is 1. The zero-order chi connectivity index (χ0) is 12.1. The normalized spacial score (nSPS) is 10.0. The molecule has 0 aliphatic rings. The van der Waals surface area contributed by atoms with Crippen molar-refractivity contribution in [1.29, 1.82) is 0 Å². The number of carbonyl (C=O) groups excluding carboxylic acids is 1. The van der Waals surface area contributed by atoms with Crippen molar-refractivity contribution < 1.29 is 14.3 Å². The molecule has 1 aromatic carbocycles. The first-order chi connectivity index (χ1) is 7.63. The van der Waals surface area contributed by atoms with Gasteiger partial charge in [-0.2, -0.15) is 0 Å². The Hall–Kier alpha value is -1.22. The van der Waals surface area contributed by atoms with Crippen LogP contribution < -0.4 is 4.74 Å². The molecule has 0 aliphatic carbocycles. The summed E-state index contributed by atoms with van der Waals surface area (Å²) >= 11 is 5.89. The lowest BCUT2D eigenvalue weighted by molar-refractivity contribution is -0.139. The van der Waals surface area contributed by atoms with E-state index in [-0.39, 0.29) is 12.4 Å². The molecule has 0 spiro atoms. The Morgan fingerprint density at radius 3 is 2.50 bits per heavy atom. The molecule has 88 valence electrons. The Balaban J connectivity index is 3.19. The van der Waals surface area contributed by atoms with Gasteiger partial charge in [0.1, 0.15) is 5.75 Å². The van der Waals surface area contributed by atoms with Crippen LogP contribution in [-0.2, 0) is 21.8 Å². The highest BCUT2D eigenvalue weighted by Gasteiger charge is 2.15. The number of hydrogen-bond acceptors (Lipinski definition) is 3. The highest BCUT2D eigenvalue weighted by atomic mass is 35.5. The molecule has 3 nitrogen and oxygen atoms in total. The van der Waals surface area contributed by atoms with Crippen LogP contribution in [0.1, 0.15) is 16.7 Å². The third kappa shape index (κ3) is 2.67. The van der Waals surface area contributed by atoms with E-state index in [9.17, 15) is 4.79 Å². The summed E-state index contributed by atoms with van der Waals surface area (Å²) in [6.07, 6.45) is 0.184. The van der Waals surface area contributed by atoms with E-state index < -0.39 is 0 Å². The first-order valence-electron chi connectivity index (χ1n) is 4.92. The van der Waals surface area contributed by atoms with Crippen LogP contribution >= 0.6 is 11.6 Å². The van der Waals surface area contributed by atoms with Gasteiger partial charge in [0.05, 0.1) is 20.6 Å². The van der Waals surface area contributed by atoms with Gasteiger partial charge in [-0.15, -0.1) is 11.6 Å². The number of esters is 1. The molecule has 16 heavy (non-hydrogen) atoms. The summed E-state index contributed by atoms with van der Waals surface area (Å²) < 4.78 is 9.88. The topological polar surface area (TPSA) is 35.5 Å². The third-order valence-corrected chi connectivity index (χ3v) is 2.79. The third-order valence-electron chi connectivity index (χ3n) is 2.52. The molecule has 4 heteroatoms. The van der Waals surface area contributed by atoms with Crippen LogP contribution in [0.3, 0.4) is 0 Å².